The maximum Gasteiger partial charge on any atom is 0.433 e. The van der Waals surface area contributed by atoms with Crippen LogP contribution in [0.3, 0.4) is 0 Å². The van der Waals surface area contributed by atoms with Gasteiger partial charge >= 0.3 is 6.18 Å². The van der Waals surface area contributed by atoms with Gasteiger partial charge in [-0.25, -0.2) is 4.39 Å². The number of hydrogen-bond acceptors (Lipinski definition) is 4. The van der Waals surface area contributed by atoms with Gasteiger partial charge in [0.25, 0.3) is 5.92 Å². The van der Waals surface area contributed by atoms with Crippen LogP contribution in [0.5, 0.6) is 0 Å². The number of hydrogen-bond donors (Lipinski definition) is 1. The fourth-order valence-corrected chi connectivity index (χ4v) is 3.99. The molecule has 0 bridgehead atoms. The minimum atomic E-state index is -4.92. The first kappa shape index (κ1) is 22.1. The number of benzene rings is 1. The highest BCUT2D eigenvalue weighted by molar-refractivity contribution is 8.16. The number of alkyl halides is 5. The van der Waals surface area contributed by atoms with Gasteiger partial charge in [0.15, 0.2) is 9.91 Å². The van der Waals surface area contributed by atoms with Crippen LogP contribution in [0.15, 0.2) is 47.6 Å². The lowest BCUT2D eigenvalue weighted by atomic mass is 9.94. The highest BCUT2D eigenvalue weighted by Crippen LogP contribution is 2.50. The molecule has 1 saturated heterocycles. The van der Waals surface area contributed by atoms with Gasteiger partial charge in [0.05, 0.1) is 6.04 Å². The van der Waals surface area contributed by atoms with E-state index in [2.05, 4.69) is 15.3 Å². The van der Waals surface area contributed by atoms with Crippen molar-refractivity contribution in [2.75, 3.05) is 0 Å². The van der Waals surface area contributed by atoms with Gasteiger partial charge in [0, 0.05) is 17.3 Å². The molecular formula is C19H15F6N3OS. The topological polar surface area (TPSA) is 54.4 Å². The summed E-state index contributed by atoms with van der Waals surface area (Å²) in [5.41, 5.74) is -2.30. The molecular weight excluding hydrogens is 432 g/mol. The van der Waals surface area contributed by atoms with Gasteiger partial charge in [0.2, 0.25) is 5.91 Å². The van der Waals surface area contributed by atoms with Gasteiger partial charge in [-0.15, -0.1) is 0 Å². The largest absolute Gasteiger partial charge is 0.433 e. The standard InChI is InChI=1S/C19H15F6N3OS/c1-10(12-5-3-4-6-13(12)20)27-16-28-15(29)17(2,30-16)18(21,22)11-7-8-26-14(9-11)19(23,24)25/h3-10H,1-2H3,(H,27,28,29)/t10-,17?/m0/s1. The second-order valence-corrected chi connectivity index (χ2v) is 8.13. The number of halogens is 6. The number of pyridine rings is 1. The molecule has 1 amide bonds. The number of nitrogens with one attached hydrogen (secondary N) is 1. The fraction of sp³-hybridized carbons (Fsp3) is 0.316. The van der Waals surface area contributed by atoms with Gasteiger partial charge < -0.3 is 5.32 Å². The van der Waals surface area contributed by atoms with Crippen molar-refractivity contribution in [1.82, 2.24) is 10.3 Å². The molecule has 0 aliphatic carbocycles. The molecule has 11 heteroatoms. The Bertz CT molecular complexity index is 1010. The van der Waals surface area contributed by atoms with Gasteiger partial charge in [-0.05, 0) is 32.0 Å². The normalized spacial score (nSPS) is 22.3. The zero-order valence-corrected chi connectivity index (χ0v) is 16.4. The van der Waals surface area contributed by atoms with E-state index in [4.69, 9.17) is 0 Å². The molecule has 1 N–H and O–H groups in total. The second kappa shape index (κ2) is 7.60. The number of amidine groups is 1. The summed E-state index contributed by atoms with van der Waals surface area (Å²) >= 11 is 0.380. The molecule has 160 valence electrons. The highest BCUT2D eigenvalue weighted by Gasteiger charge is 2.61. The Hall–Kier alpha value is -2.56. The number of carbonyl (C=O) groups excluding carboxylic acids is 1. The van der Waals surface area contributed by atoms with Crippen molar-refractivity contribution in [3.8, 4) is 0 Å². The molecule has 2 atom stereocenters. The monoisotopic (exact) mass is 447 g/mol. The van der Waals surface area contributed by atoms with Gasteiger partial charge in [-0.1, -0.05) is 30.0 Å². The third-order valence-corrected chi connectivity index (χ3v) is 5.88. The van der Waals surface area contributed by atoms with E-state index in [0.29, 0.717) is 18.0 Å². The Balaban J connectivity index is 1.93. The van der Waals surface area contributed by atoms with Gasteiger partial charge in [-0.3, -0.25) is 14.8 Å². The maximum absolute atomic E-state index is 15.2. The van der Waals surface area contributed by atoms with Crippen LogP contribution in [-0.2, 0) is 16.9 Å². The van der Waals surface area contributed by atoms with Crippen LogP contribution in [-0.4, -0.2) is 20.8 Å². The lowest BCUT2D eigenvalue weighted by Crippen LogP contribution is -2.47. The van der Waals surface area contributed by atoms with E-state index in [-0.39, 0.29) is 16.8 Å². The average molecular weight is 447 g/mol. The summed E-state index contributed by atoms with van der Waals surface area (Å²) in [6.07, 6.45) is -4.30. The van der Waals surface area contributed by atoms with Gasteiger partial charge in [0.1, 0.15) is 11.5 Å². The molecule has 4 nitrogen and oxygen atoms in total. The number of aliphatic imine (C=N–C) groups is 1. The van der Waals surface area contributed by atoms with Crippen LogP contribution in [0, 0.1) is 5.82 Å². The second-order valence-electron chi connectivity index (χ2n) is 6.72. The molecule has 1 aromatic heterocycles. The van der Waals surface area contributed by atoms with E-state index in [1.807, 2.05) is 0 Å². The molecule has 1 aliphatic heterocycles. The molecule has 1 fully saturated rings. The molecule has 3 rings (SSSR count). The molecule has 1 aromatic carbocycles. The molecule has 2 aromatic rings. The first-order valence-electron chi connectivity index (χ1n) is 8.60. The zero-order chi connectivity index (χ0) is 22.3. The predicted molar refractivity (Wildman–Crippen MR) is 99.5 cm³/mol. The van der Waals surface area contributed by atoms with Crippen molar-refractivity contribution in [1.29, 1.82) is 0 Å². The van der Waals surface area contributed by atoms with Crippen LogP contribution < -0.4 is 5.32 Å². The number of nitrogens with zero attached hydrogens (tertiary/aromatic N) is 2. The minimum Gasteiger partial charge on any atom is -0.304 e. The fourth-order valence-electron chi connectivity index (χ4n) is 2.86. The summed E-state index contributed by atoms with van der Waals surface area (Å²) < 4.78 is 80.4. The van der Waals surface area contributed by atoms with E-state index in [0.717, 1.165) is 13.0 Å². The average Bonchev–Trinajstić information content (AvgIpc) is 2.96. The van der Waals surface area contributed by atoms with Gasteiger partial charge in [-0.2, -0.15) is 22.0 Å². The van der Waals surface area contributed by atoms with Crippen molar-refractivity contribution in [3.05, 3.63) is 65.2 Å². The summed E-state index contributed by atoms with van der Waals surface area (Å²) in [7, 11) is 0. The lowest BCUT2D eigenvalue weighted by Gasteiger charge is -2.30. The smallest absolute Gasteiger partial charge is 0.304 e. The Labute approximate surface area is 171 Å². The SMILES string of the molecule is C[C@H](N=C1NC(=O)C(C)(C(F)(F)c2ccnc(C(F)(F)F)c2)S1)c1ccccc1F. The molecule has 0 spiro atoms. The molecule has 1 unspecified atom stereocenters. The predicted octanol–water partition coefficient (Wildman–Crippen LogP) is 5.07. The number of aromatic nitrogens is 1. The van der Waals surface area contributed by atoms with Crippen molar-refractivity contribution < 1.29 is 31.1 Å². The molecule has 0 radical (unpaired) electrons. The Morgan fingerprint density at radius 2 is 1.83 bits per heavy atom. The number of carbonyl (C=O) groups is 1. The highest BCUT2D eigenvalue weighted by atomic mass is 32.2. The first-order chi connectivity index (χ1) is 13.9. The summed E-state index contributed by atoms with van der Waals surface area (Å²) in [6.45, 7) is 2.43. The van der Waals surface area contributed by atoms with Crippen molar-refractivity contribution in [2.24, 2.45) is 4.99 Å². The van der Waals surface area contributed by atoms with Crippen LogP contribution in [0.4, 0.5) is 26.3 Å². The number of thioether (sulfide) groups is 1. The van der Waals surface area contributed by atoms with E-state index in [1.165, 1.54) is 25.1 Å². The molecule has 30 heavy (non-hydrogen) atoms. The quantitative estimate of drug-likeness (QED) is 0.666. The van der Waals surface area contributed by atoms with Crippen molar-refractivity contribution >= 4 is 22.8 Å². The van der Waals surface area contributed by atoms with Crippen LogP contribution in [0.2, 0.25) is 0 Å². The summed E-state index contributed by atoms with van der Waals surface area (Å²) in [5, 5.41) is 2.04. The molecule has 1 aliphatic rings. The van der Waals surface area contributed by atoms with E-state index < -0.39 is 45.9 Å². The van der Waals surface area contributed by atoms with Crippen molar-refractivity contribution in [3.63, 3.8) is 0 Å². The maximum atomic E-state index is 15.2. The zero-order valence-electron chi connectivity index (χ0n) is 15.6. The molecule has 2 heterocycles. The lowest BCUT2D eigenvalue weighted by molar-refractivity contribution is -0.141. The first-order valence-corrected chi connectivity index (χ1v) is 9.42. The van der Waals surface area contributed by atoms with Crippen molar-refractivity contribution in [2.45, 2.75) is 36.7 Å². The third kappa shape index (κ3) is 3.90. The third-order valence-electron chi connectivity index (χ3n) is 4.63. The summed E-state index contributed by atoms with van der Waals surface area (Å²) in [6, 6.07) is 5.90. The summed E-state index contributed by atoms with van der Waals surface area (Å²) in [5.74, 6) is -5.65. The van der Waals surface area contributed by atoms with Crippen LogP contribution in [0.1, 0.15) is 36.7 Å². The Kier molecular flexibility index (Phi) is 5.61. The summed E-state index contributed by atoms with van der Waals surface area (Å²) in [4.78, 5) is 19.6. The number of rotatable bonds is 4. The molecule has 0 saturated carbocycles. The van der Waals surface area contributed by atoms with E-state index in [1.54, 1.807) is 6.07 Å². The van der Waals surface area contributed by atoms with E-state index in [9.17, 15) is 22.4 Å². The van der Waals surface area contributed by atoms with E-state index >= 15 is 8.78 Å². The Morgan fingerprint density at radius 3 is 2.47 bits per heavy atom. The van der Waals surface area contributed by atoms with Crippen LogP contribution >= 0.6 is 11.8 Å². The number of amides is 1. The van der Waals surface area contributed by atoms with Crippen LogP contribution in [0.25, 0.3) is 0 Å². The Morgan fingerprint density at radius 1 is 1.17 bits per heavy atom. The minimum absolute atomic E-state index is 0.178.